The van der Waals surface area contributed by atoms with Gasteiger partial charge in [0.1, 0.15) is 6.04 Å². The lowest BCUT2D eigenvalue weighted by atomic mass is 10.2. The number of carboxylic acids is 1. The average Bonchev–Trinajstić information content (AvgIpc) is 2.21. The van der Waals surface area contributed by atoms with Crippen LogP contribution in [-0.4, -0.2) is 48.8 Å². The summed E-state index contributed by atoms with van der Waals surface area (Å²) in [6.07, 6.45) is 1.83. The number of carbonyl (C=O) groups excluding carboxylic acids is 1. The molecule has 0 radical (unpaired) electrons. The Morgan fingerprint density at radius 3 is 2.87 bits per heavy atom. The maximum Gasteiger partial charge on any atom is 0.326 e. The van der Waals surface area contributed by atoms with E-state index in [1.54, 1.807) is 18.9 Å². The van der Waals surface area contributed by atoms with Crippen molar-refractivity contribution in [3.8, 4) is 0 Å². The van der Waals surface area contributed by atoms with E-state index in [2.05, 4.69) is 5.32 Å². The number of nitrogens with one attached hydrogen (secondary N) is 1. The number of aliphatic carboxylic acids is 1. The van der Waals surface area contributed by atoms with Gasteiger partial charge in [-0.1, -0.05) is 0 Å². The molecule has 0 aromatic heterocycles. The van der Waals surface area contributed by atoms with Crippen LogP contribution in [-0.2, 0) is 14.3 Å². The first-order valence-corrected chi connectivity index (χ1v) is 5.87. The third-order valence-electron chi connectivity index (χ3n) is 1.76. The molecule has 0 aliphatic carbocycles. The molecule has 0 rings (SSSR count). The van der Waals surface area contributed by atoms with E-state index in [4.69, 9.17) is 9.84 Å². The minimum atomic E-state index is -0.986. The summed E-state index contributed by atoms with van der Waals surface area (Å²) < 4.78 is 4.88. The van der Waals surface area contributed by atoms with Crippen LogP contribution < -0.4 is 5.32 Å². The smallest absolute Gasteiger partial charge is 0.326 e. The van der Waals surface area contributed by atoms with Gasteiger partial charge >= 0.3 is 5.97 Å². The fourth-order valence-electron chi connectivity index (χ4n) is 0.969. The van der Waals surface area contributed by atoms with Gasteiger partial charge in [0.2, 0.25) is 6.41 Å². The highest BCUT2D eigenvalue weighted by Crippen LogP contribution is 2.06. The molecular formula is C9H17NO4S. The predicted molar refractivity (Wildman–Crippen MR) is 59.1 cm³/mol. The average molecular weight is 235 g/mol. The zero-order valence-corrected chi connectivity index (χ0v) is 9.59. The fourth-order valence-corrected chi connectivity index (χ4v) is 1.90. The lowest BCUT2D eigenvalue weighted by molar-refractivity contribution is -0.140. The third kappa shape index (κ3) is 8.26. The van der Waals surface area contributed by atoms with Crippen molar-refractivity contribution >= 4 is 24.1 Å². The van der Waals surface area contributed by atoms with E-state index in [1.807, 2.05) is 0 Å². The summed E-state index contributed by atoms with van der Waals surface area (Å²) in [5.41, 5.74) is 0. The van der Waals surface area contributed by atoms with Gasteiger partial charge in [0.15, 0.2) is 0 Å². The van der Waals surface area contributed by atoms with E-state index in [1.165, 1.54) is 0 Å². The summed E-state index contributed by atoms with van der Waals surface area (Å²) in [5, 5.41) is 11.0. The Morgan fingerprint density at radius 1 is 1.60 bits per heavy atom. The van der Waals surface area contributed by atoms with Crippen molar-refractivity contribution in [2.45, 2.75) is 18.9 Å². The van der Waals surface area contributed by atoms with Crippen LogP contribution in [0.5, 0.6) is 0 Å². The second-order valence-electron chi connectivity index (χ2n) is 2.92. The highest BCUT2D eigenvalue weighted by atomic mass is 32.2. The third-order valence-corrected chi connectivity index (χ3v) is 2.86. The van der Waals surface area contributed by atoms with Gasteiger partial charge < -0.3 is 15.2 Å². The van der Waals surface area contributed by atoms with Crippen LogP contribution in [0.4, 0.5) is 0 Å². The first kappa shape index (κ1) is 14.2. The molecule has 1 amide bonds. The number of carboxylic acid groups (broad SMARTS) is 1. The van der Waals surface area contributed by atoms with Crippen LogP contribution >= 0.6 is 11.8 Å². The highest BCUT2D eigenvalue weighted by molar-refractivity contribution is 7.99. The molecular weight excluding hydrogens is 218 g/mol. The zero-order chi connectivity index (χ0) is 11.5. The molecule has 0 saturated heterocycles. The monoisotopic (exact) mass is 235 g/mol. The molecule has 0 spiro atoms. The Balaban J connectivity index is 3.45. The summed E-state index contributed by atoms with van der Waals surface area (Å²) in [5.74, 6) is 0.683. The molecule has 6 heteroatoms. The number of hydrogen-bond donors (Lipinski definition) is 2. The molecule has 1 atom stereocenters. The summed E-state index contributed by atoms with van der Waals surface area (Å²) in [6, 6.07) is -0.766. The van der Waals surface area contributed by atoms with E-state index in [0.29, 0.717) is 12.8 Å². The van der Waals surface area contributed by atoms with Gasteiger partial charge in [-0.05, 0) is 24.3 Å². The minimum absolute atomic E-state index is 0.425. The number of carbonyl (C=O) groups is 2. The number of rotatable bonds is 10. The molecule has 15 heavy (non-hydrogen) atoms. The quantitative estimate of drug-likeness (QED) is 0.422. The molecule has 0 fully saturated rings. The van der Waals surface area contributed by atoms with Crippen molar-refractivity contribution < 1.29 is 19.4 Å². The Morgan fingerprint density at radius 2 is 2.33 bits per heavy atom. The molecule has 0 aliphatic heterocycles. The largest absolute Gasteiger partial charge is 0.480 e. The molecule has 0 heterocycles. The molecule has 5 nitrogen and oxygen atoms in total. The van der Waals surface area contributed by atoms with Crippen molar-refractivity contribution in [3.05, 3.63) is 0 Å². The Bertz CT molecular complexity index is 189. The van der Waals surface area contributed by atoms with Crippen molar-refractivity contribution in [2.75, 3.05) is 25.2 Å². The van der Waals surface area contributed by atoms with Crippen LogP contribution in [0, 0.1) is 0 Å². The Labute approximate surface area is 93.6 Å². The van der Waals surface area contributed by atoms with Crippen molar-refractivity contribution in [3.63, 3.8) is 0 Å². The predicted octanol–water partition coefficient (Wildman–Crippen LogP) is 0.345. The van der Waals surface area contributed by atoms with Gasteiger partial charge in [-0.2, -0.15) is 11.8 Å². The number of methoxy groups -OCH3 is 1. The summed E-state index contributed by atoms with van der Waals surface area (Å²) in [7, 11) is 1.65. The van der Waals surface area contributed by atoms with Crippen LogP contribution in [0.3, 0.4) is 0 Å². The molecule has 88 valence electrons. The normalized spacial score (nSPS) is 12.1. The Kier molecular flexibility index (Phi) is 9.30. The van der Waals surface area contributed by atoms with E-state index in [-0.39, 0.29) is 0 Å². The first-order chi connectivity index (χ1) is 7.22. The first-order valence-electron chi connectivity index (χ1n) is 4.71. The van der Waals surface area contributed by atoms with E-state index in [9.17, 15) is 9.59 Å². The lowest BCUT2D eigenvalue weighted by Gasteiger charge is -2.10. The van der Waals surface area contributed by atoms with Crippen LogP contribution in [0.25, 0.3) is 0 Å². The highest BCUT2D eigenvalue weighted by Gasteiger charge is 2.14. The summed E-state index contributed by atoms with van der Waals surface area (Å²) in [4.78, 5) is 20.7. The second kappa shape index (κ2) is 9.79. The summed E-state index contributed by atoms with van der Waals surface area (Å²) in [6.45, 7) is 0.724. The van der Waals surface area contributed by atoms with Crippen LogP contribution in [0.15, 0.2) is 0 Å². The van der Waals surface area contributed by atoms with Gasteiger partial charge in [0.25, 0.3) is 0 Å². The van der Waals surface area contributed by atoms with Gasteiger partial charge in [-0.15, -0.1) is 0 Å². The van der Waals surface area contributed by atoms with Crippen molar-refractivity contribution in [2.24, 2.45) is 0 Å². The fraction of sp³-hybridized carbons (Fsp3) is 0.778. The standard InChI is InChI=1S/C9H17NO4S/c1-14-4-2-5-15-6-3-8(9(12)13)10-7-11/h7-8H,2-6H2,1H3,(H,10,11)(H,12,13). The number of amides is 1. The molecule has 2 N–H and O–H groups in total. The van der Waals surface area contributed by atoms with Crippen molar-refractivity contribution in [1.82, 2.24) is 5.32 Å². The van der Waals surface area contributed by atoms with Gasteiger partial charge in [-0.25, -0.2) is 4.79 Å². The number of thioether (sulfide) groups is 1. The number of ether oxygens (including phenoxy) is 1. The molecule has 0 saturated carbocycles. The maximum atomic E-state index is 10.6. The topological polar surface area (TPSA) is 75.6 Å². The molecule has 0 aromatic rings. The minimum Gasteiger partial charge on any atom is -0.480 e. The van der Waals surface area contributed by atoms with Gasteiger partial charge in [-0.3, -0.25) is 4.79 Å². The molecule has 0 aromatic carbocycles. The van der Waals surface area contributed by atoms with E-state index >= 15 is 0 Å². The second-order valence-corrected chi connectivity index (χ2v) is 4.15. The van der Waals surface area contributed by atoms with E-state index < -0.39 is 12.0 Å². The SMILES string of the molecule is COCCCSCCC(NC=O)C(=O)O. The van der Waals surface area contributed by atoms with Crippen LogP contribution in [0.1, 0.15) is 12.8 Å². The van der Waals surface area contributed by atoms with Gasteiger partial charge in [0, 0.05) is 13.7 Å². The number of hydrogen-bond acceptors (Lipinski definition) is 4. The molecule has 0 bridgehead atoms. The zero-order valence-electron chi connectivity index (χ0n) is 8.77. The molecule has 0 aliphatic rings. The maximum absolute atomic E-state index is 10.6. The van der Waals surface area contributed by atoms with Crippen LogP contribution in [0.2, 0.25) is 0 Å². The summed E-state index contributed by atoms with van der Waals surface area (Å²) >= 11 is 1.67. The van der Waals surface area contributed by atoms with E-state index in [0.717, 1.165) is 24.5 Å². The van der Waals surface area contributed by atoms with Crippen molar-refractivity contribution in [1.29, 1.82) is 0 Å². The molecule has 1 unspecified atom stereocenters. The lowest BCUT2D eigenvalue weighted by Crippen LogP contribution is -2.36. The van der Waals surface area contributed by atoms with Gasteiger partial charge in [0.05, 0.1) is 0 Å². The Hall–Kier alpha value is -0.750.